The summed E-state index contributed by atoms with van der Waals surface area (Å²) in [7, 11) is 2.14. The molecule has 3 aromatic heterocycles. The largest absolute Gasteiger partial charge is 0.464 e. The van der Waals surface area contributed by atoms with Crippen molar-refractivity contribution in [1.29, 1.82) is 5.26 Å². The van der Waals surface area contributed by atoms with Crippen LogP contribution in [0.4, 0.5) is 5.69 Å². The quantitative estimate of drug-likeness (QED) is 0.247. The number of likely N-dealkylation sites (N-methyl/N-ethyl adjacent to an activating group) is 1. The first-order valence-corrected chi connectivity index (χ1v) is 21.4. The molecule has 0 spiro atoms. The zero-order chi connectivity index (χ0) is 41.1. The average molecular weight is 806 g/mol. The number of nitrogens with one attached hydrogen (secondary N) is 2. The van der Waals surface area contributed by atoms with E-state index < -0.39 is 28.5 Å². The van der Waals surface area contributed by atoms with Crippen molar-refractivity contribution >= 4 is 45.7 Å². The molecule has 4 aromatic rings. The molecule has 2 N–H and O–H groups in total. The predicted molar refractivity (Wildman–Crippen MR) is 225 cm³/mol. The fraction of sp³-hybridized carbons (Fsp3) is 0.545. The number of hydrogen-bond acceptors (Lipinski definition) is 11. The molecule has 2 saturated heterocycles. The van der Waals surface area contributed by atoms with E-state index in [0.29, 0.717) is 25.8 Å². The molecule has 6 bridgehead atoms. The number of esters is 1. The van der Waals surface area contributed by atoms with E-state index in [4.69, 9.17) is 14.7 Å². The number of piperazine rings is 1. The summed E-state index contributed by atoms with van der Waals surface area (Å²) in [6.45, 7) is 16.1. The summed E-state index contributed by atoms with van der Waals surface area (Å²) in [4.78, 5) is 56.1. The highest BCUT2D eigenvalue weighted by atomic mass is 32.1. The minimum atomic E-state index is -1.15. The normalized spacial score (nSPS) is 25.5. The lowest BCUT2D eigenvalue weighted by molar-refractivity contribution is -0.162. The zero-order valence-electron chi connectivity index (χ0n) is 34.7. The third-order valence-corrected chi connectivity index (χ3v) is 13.3. The summed E-state index contributed by atoms with van der Waals surface area (Å²) in [5, 5.41) is 18.9. The molecular weight excluding hydrogens is 751 g/mol. The number of carbonyl (C=O) groups excluding carboxylic acids is 3. The van der Waals surface area contributed by atoms with Crippen molar-refractivity contribution in [3.05, 3.63) is 52.6 Å². The van der Waals surface area contributed by atoms with Gasteiger partial charge in [0.2, 0.25) is 5.91 Å². The summed E-state index contributed by atoms with van der Waals surface area (Å²) >= 11 is 1.46. The third kappa shape index (κ3) is 7.72. The summed E-state index contributed by atoms with van der Waals surface area (Å²) in [6.07, 6.45) is 6.43. The molecule has 306 valence electrons. The topological polar surface area (TPSA) is 149 Å². The molecule has 58 heavy (non-hydrogen) atoms. The monoisotopic (exact) mass is 805 g/mol. The molecule has 2 amide bonds. The smallest absolute Gasteiger partial charge is 0.327 e. The Morgan fingerprint density at radius 3 is 2.57 bits per heavy atom. The van der Waals surface area contributed by atoms with Crippen LogP contribution in [0.2, 0.25) is 0 Å². The maximum Gasteiger partial charge on any atom is 0.327 e. The highest BCUT2D eigenvalue weighted by Gasteiger charge is 2.45. The number of aromatic nitrogens is 3. The van der Waals surface area contributed by atoms with E-state index in [-0.39, 0.29) is 36.7 Å². The Bertz CT molecular complexity index is 2300. The number of ether oxygens (including phenoxy) is 1. The minimum absolute atomic E-state index is 0.111. The van der Waals surface area contributed by atoms with Crippen molar-refractivity contribution in [2.75, 3.05) is 51.3 Å². The molecule has 1 aromatic carbocycles. The van der Waals surface area contributed by atoms with Crippen molar-refractivity contribution < 1.29 is 19.1 Å². The van der Waals surface area contributed by atoms with Crippen LogP contribution in [-0.4, -0.2) is 100 Å². The maximum atomic E-state index is 14.2. The standard InChI is InChI=1S/C44H55N9O4S/c1-27-17-31(27)39(54)48-34-20-37-47-35(24-58-37)28-9-10-36-32(19-28)33(21-42(2,3)26-57-41(56)44(6)11-8-12-52(49-44)40(34)55)38(53(36)43(4,5)25-45)29-18-30(23-46-22-29)51-15-13-50(7)14-16-51/h9-10,18-19,22-24,27,31,34,49H,8,11-17,20-21,26H2,1-7H3,(H,48,54)/t27-,31-,34-,44+/m0/s1. The van der Waals surface area contributed by atoms with Gasteiger partial charge in [-0.2, -0.15) is 5.26 Å². The molecule has 4 aliphatic rings. The lowest BCUT2D eigenvalue weighted by Gasteiger charge is -2.41. The Labute approximate surface area is 344 Å². The van der Waals surface area contributed by atoms with Gasteiger partial charge in [0.25, 0.3) is 5.91 Å². The molecule has 14 heteroatoms. The Morgan fingerprint density at radius 1 is 1.09 bits per heavy atom. The number of pyridine rings is 1. The van der Waals surface area contributed by atoms with Crippen molar-refractivity contribution in [1.82, 2.24) is 35.2 Å². The van der Waals surface area contributed by atoms with Crippen LogP contribution in [-0.2, 0) is 37.5 Å². The van der Waals surface area contributed by atoms with Crippen LogP contribution in [0.25, 0.3) is 33.4 Å². The number of rotatable bonds is 5. The van der Waals surface area contributed by atoms with Gasteiger partial charge in [-0.1, -0.05) is 26.8 Å². The summed E-state index contributed by atoms with van der Waals surface area (Å²) in [6, 6.07) is 10.2. The van der Waals surface area contributed by atoms with Crippen LogP contribution >= 0.6 is 11.3 Å². The van der Waals surface area contributed by atoms with Gasteiger partial charge in [-0.05, 0) is 83.2 Å². The van der Waals surface area contributed by atoms with Crippen molar-refractivity contribution in [2.24, 2.45) is 17.3 Å². The molecule has 8 rings (SSSR count). The second-order valence-electron chi connectivity index (χ2n) is 18.5. The van der Waals surface area contributed by atoms with Gasteiger partial charge in [0, 0.05) is 78.6 Å². The number of fused-ring (bicyclic) bond motifs is 6. The first-order chi connectivity index (χ1) is 27.6. The van der Waals surface area contributed by atoms with Crippen LogP contribution in [0.3, 0.4) is 0 Å². The molecular formula is C44H55N9O4S. The number of carbonyl (C=O) groups is 3. The van der Waals surface area contributed by atoms with E-state index in [2.05, 4.69) is 70.3 Å². The lowest BCUT2D eigenvalue weighted by Crippen LogP contribution is -2.65. The number of hydrazine groups is 1. The first kappa shape index (κ1) is 40.0. The van der Waals surface area contributed by atoms with Gasteiger partial charge in [-0.15, -0.1) is 11.3 Å². The van der Waals surface area contributed by atoms with Gasteiger partial charge in [0.05, 0.1) is 46.5 Å². The first-order valence-electron chi connectivity index (χ1n) is 20.6. The Morgan fingerprint density at radius 2 is 1.84 bits per heavy atom. The van der Waals surface area contributed by atoms with Crippen LogP contribution in [0, 0.1) is 28.6 Å². The number of nitrogens with zero attached hydrogens (tertiary/aromatic N) is 7. The minimum Gasteiger partial charge on any atom is -0.464 e. The van der Waals surface area contributed by atoms with Gasteiger partial charge in [-0.25, -0.2) is 15.2 Å². The second kappa shape index (κ2) is 15.1. The Hall–Kier alpha value is -4.84. The molecule has 6 heterocycles. The van der Waals surface area contributed by atoms with Crippen LogP contribution in [0.1, 0.15) is 71.4 Å². The SMILES string of the molecule is C[C@H]1C[C@@H]1C(=O)N[C@H]1Cc2nc(cs2)-c2ccc3c(c2)c(c(-c2cncc(N4CCN(C)CC4)c2)n3C(C)(C)C#N)CC(C)(C)COC(=O)[C@@]2(C)CCCN(N2)C1=O. The lowest BCUT2D eigenvalue weighted by atomic mass is 9.84. The molecule has 0 radical (unpaired) electrons. The van der Waals surface area contributed by atoms with Gasteiger partial charge in [-0.3, -0.25) is 19.6 Å². The Kier molecular flexibility index (Phi) is 10.4. The highest BCUT2D eigenvalue weighted by Crippen LogP contribution is 2.44. The van der Waals surface area contributed by atoms with E-state index in [1.807, 2.05) is 44.6 Å². The molecule has 1 saturated carbocycles. The molecule has 3 fully saturated rings. The van der Waals surface area contributed by atoms with Crippen LogP contribution in [0.15, 0.2) is 42.0 Å². The zero-order valence-corrected chi connectivity index (χ0v) is 35.5. The molecule has 4 atom stereocenters. The summed E-state index contributed by atoms with van der Waals surface area (Å²) < 4.78 is 8.33. The van der Waals surface area contributed by atoms with E-state index in [0.717, 1.165) is 82.3 Å². The molecule has 0 unspecified atom stereocenters. The number of cyclic esters (lactones) is 1. The predicted octanol–water partition coefficient (Wildman–Crippen LogP) is 5.53. The number of amides is 2. The van der Waals surface area contributed by atoms with Crippen molar-refractivity contribution in [2.45, 2.75) is 90.8 Å². The van der Waals surface area contributed by atoms with E-state index in [1.54, 1.807) is 6.92 Å². The van der Waals surface area contributed by atoms with Gasteiger partial charge >= 0.3 is 5.97 Å². The number of hydrogen-bond donors (Lipinski definition) is 2. The molecule has 1 aliphatic carbocycles. The third-order valence-electron chi connectivity index (χ3n) is 12.5. The number of nitriles is 1. The van der Waals surface area contributed by atoms with Crippen molar-refractivity contribution in [3.63, 3.8) is 0 Å². The Balaban J connectivity index is 1.27. The average Bonchev–Trinajstić information content (AvgIpc) is 3.61. The number of thiazole rings is 1. The number of benzene rings is 1. The highest BCUT2D eigenvalue weighted by molar-refractivity contribution is 7.10. The van der Waals surface area contributed by atoms with Crippen molar-refractivity contribution in [3.8, 4) is 28.6 Å². The molecule has 13 nitrogen and oxygen atoms in total. The van der Waals surface area contributed by atoms with E-state index >= 15 is 0 Å². The van der Waals surface area contributed by atoms with E-state index in [1.165, 1.54) is 16.3 Å². The molecule has 3 aliphatic heterocycles. The maximum absolute atomic E-state index is 14.2. The van der Waals surface area contributed by atoms with E-state index in [9.17, 15) is 19.6 Å². The fourth-order valence-corrected chi connectivity index (χ4v) is 9.60. The van der Waals surface area contributed by atoms with Gasteiger partial charge in [0.1, 0.15) is 17.1 Å². The fourth-order valence-electron chi connectivity index (χ4n) is 8.75. The number of anilines is 1. The van der Waals surface area contributed by atoms with Gasteiger partial charge in [0.15, 0.2) is 0 Å². The van der Waals surface area contributed by atoms with Gasteiger partial charge < -0.3 is 24.4 Å². The summed E-state index contributed by atoms with van der Waals surface area (Å²) in [5.74, 6) is -0.698. The summed E-state index contributed by atoms with van der Waals surface area (Å²) in [5.41, 5.74) is 7.06. The second-order valence-corrected chi connectivity index (χ2v) is 19.4. The van der Waals surface area contributed by atoms with Crippen LogP contribution in [0.5, 0.6) is 0 Å². The van der Waals surface area contributed by atoms with Crippen LogP contribution < -0.4 is 15.6 Å².